The Bertz CT molecular complexity index is 114. The van der Waals surface area contributed by atoms with E-state index < -0.39 is 0 Å². The van der Waals surface area contributed by atoms with Crippen molar-refractivity contribution in [2.24, 2.45) is 11.8 Å². The van der Waals surface area contributed by atoms with E-state index in [0.717, 1.165) is 21.8 Å². The van der Waals surface area contributed by atoms with Crippen LogP contribution in [0.5, 0.6) is 0 Å². The van der Waals surface area contributed by atoms with Gasteiger partial charge in [0.2, 0.25) is 0 Å². The third-order valence-corrected chi connectivity index (χ3v) is 3.98. The number of rotatable bonds is 1. The lowest BCUT2D eigenvalue weighted by Crippen LogP contribution is -2.31. The molecule has 10 heavy (non-hydrogen) atoms. The third kappa shape index (κ3) is 1.64. The smallest absolute Gasteiger partial charge is 0.0275 e. The summed E-state index contributed by atoms with van der Waals surface area (Å²) < 4.78 is 0.838. The minimum Gasteiger partial charge on any atom is -0.312 e. The van der Waals surface area contributed by atoms with Crippen molar-refractivity contribution in [1.82, 2.24) is 5.32 Å². The van der Waals surface area contributed by atoms with Gasteiger partial charge in [0.15, 0.2) is 0 Å². The molecular weight excluding hydrogens is 237 g/mol. The summed E-state index contributed by atoms with van der Waals surface area (Å²) in [5, 5.41) is 3.55. The van der Waals surface area contributed by atoms with Crippen molar-refractivity contribution in [2.75, 3.05) is 6.54 Å². The van der Waals surface area contributed by atoms with Gasteiger partial charge in [0.05, 0.1) is 0 Å². The highest BCUT2D eigenvalue weighted by molar-refractivity contribution is 14.1. The van der Waals surface area contributed by atoms with E-state index in [1.165, 1.54) is 6.54 Å². The maximum absolute atomic E-state index is 3.55. The van der Waals surface area contributed by atoms with Gasteiger partial charge >= 0.3 is 0 Å². The van der Waals surface area contributed by atoms with Crippen molar-refractivity contribution >= 4 is 22.6 Å². The van der Waals surface area contributed by atoms with Gasteiger partial charge in [-0.2, -0.15) is 0 Å². The average Bonchev–Trinajstić information content (AvgIpc) is 2.14. The summed E-state index contributed by atoms with van der Waals surface area (Å²) in [6.07, 6.45) is 0. The molecule has 3 unspecified atom stereocenters. The van der Waals surface area contributed by atoms with E-state index in [0.29, 0.717) is 0 Å². The molecule has 0 amide bonds. The normalized spacial score (nSPS) is 41.1. The van der Waals surface area contributed by atoms with E-state index in [1.54, 1.807) is 0 Å². The van der Waals surface area contributed by atoms with Crippen molar-refractivity contribution in [3.8, 4) is 0 Å². The predicted molar refractivity (Wildman–Crippen MR) is 53.6 cm³/mol. The summed E-state index contributed by atoms with van der Waals surface area (Å²) in [7, 11) is 0. The molecule has 1 nitrogen and oxygen atoms in total. The average molecular weight is 253 g/mol. The molecule has 0 aliphatic carbocycles. The zero-order valence-corrected chi connectivity index (χ0v) is 9.05. The second-order valence-electron chi connectivity index (χ2n) is 3.55. The van der Waals surface area contributed by atoms with Crippen LogP contribution in [0.4, 0.5) is 0 Å². The second-order valence-corrected chi connectivity index (χ2v) is 5.15. The highest BCUT2D eigenvalue weighted by Crippen LogP contribution is 2.26. The Morgan fingerprint density at radius 2 is 2.10 bits per heavy atom. The fourth-order valence-corrected chi connectivity index (χ4v) is 2.39. The number of nitrogens with one attached hydrogen (secondary N) is 1. The fraction of sp³-hybridized carbons (Fsp3) is 1.00. The molecule has 1 aliphatic rings. The molecule has 0 aromatic heterocycles. The van der Waals surface area contributed by atoms with Crippen molar-refractivity contribution < 1.29 is 0 Å². The van der Waals surface area contributed by atoms with Crippen molar-refractivity contribution in [3.05, 3.63) is 0 Å². The number of halogens is 1. The van der Waals surface area contributed by atoms with Gasteiger partial charge in [0, 0.05) is 16.5 Å². The summed E-state index contributed by atoms with van der Waals surface area (Å²) in [6.45, 7) is 8.14. The Hall–Kier alpha value is 0.690. The molecule has 0 spiro atoms. The summed E-state index contributed by atoms with van der Waals surface area (Å²) >= 11 is 2.54. The lowest BCUT2D eigenvalue weighted by molar-refractivity contribution is 0.379. The van der Waals surface area contributed by atoms with E-state index in [4.69, 9.17) is 0 Å². The topological polar surface area (TPSA) is 12.0 Å². The molecule has 3 atom stereocenters. The van der Waals surface area contributed by atoms with Crippen molar-refractivity contribution in [2.45, 2.75) is 30.7 Å². The van der Waals surface area contributed by atoms with Gasteiger partial charge in [-0.25, -0.2) is 0 Å². The van der Waals surface area contributed by atoms with E-state index in [9.17, 15) is 0 Å². The largest absolute Gasteiger partial charge is 0.312 e. The molecule has 60 valence electrons. The van der Waals surface area contributed by atoms with Crippen LogP contribution in [0.15, 0.2) is 0 Å². The predicted octanol–water partition coefficient (Wildman–Crippen LogP) is 2.05. The van der Waals surface area contributed by atoms with Gasteiger partial charge in [-0.3, -0.25) is 0 Å². The molecule has 1 fully saturated rings. The number of alkyl halides is 1. The molecule has 1 aliphatic heterocycles. The summed E-state index contributed by atoms with van der Waals surface area (Å²) in [4.78, 5) is 0. The minimum absolute atomic E-state index is 0.752. The highest BCUT2D eigenvalue weighted by Gasteiger charge is 2.31. The van der Waals surface area contributed by atoms with Crippen LogP contribution < -0.4 is 5.32 Å². The molecule has 1 saturated heterocycles. The van der Waals surface area contributed by atoms with Gasteiger partial charge in [-0.05, 0) is 11.8 Å². The van der Waals surface area contributed by atoms with E-state index in [-0.39, 0.29) is 0 Å². The first-order valence-corrected chi connectivity index (χ1v) is 5.25. The zero-order valence-electron chi connectivity index (χ0n) is 6.89. The molecule has 0 radical (unpaired) electrons. The van der Waals surface area contributed by atoms with Gasteiger partial charge in [-0.15, -0.1) is 0 Å². The summed E-state index contributed by atoms with van der Waals surface area (Å²) in [6, 6.07) is 0.752. The maximum atomic E-state index is 3.55. The van der Waals surface area contributed by atoms with Crippen LogP contribution in [0.1, 0.15) is 20.8 Å². The van der Waals surface area contributed by atoms with Crippen molar-refractivity contribution in [3.63, 3.8) is 0 Å². The molecular formula is C8H16IN. The van der Waals surface area contributed by atoms with Gasteiger partial charge < -0.3 is 5.32 Å². The third-order valence-electron chi connectivity index (χ3n) is 2.40. The van der Waals surface area contributed by atoms with Crippen LogP contribution in [0.2, 0.25) is 0 Å². The summed E-state index contributed by atoms with van der Waals surface area (Å²) in [5.74, 6) is 1.63. The Balaban J connectivity index is 2.49. The Kier molecular flexibility index (Phi) is 2.98. The molecule has 2 heteroatoms. The molecule has 1 heterocycles. The van der Waals surface area contributed by atoms with Gasteiger partial charge in [0.1, 0.15) is 0 Å². The first kappa shape index (κ1) is 8.78. The van der Waals surface area contributed by atoms with E-state index in [1.807, 2.05) is 0 Å². The molecule has 0 aromatic rings. The highest BCUT2D eigenvalue weighted by atomic mass is 127. The first-order valence-electron chi connectivity index (χ1n) is 4.00. The van der Waals surface area contributed by atoms with Gasteiger partial charge in [-0.1, -0.05) is 43.4 Å². The van der Waals surface area contributed by atoms with Crippen LogP contribution in [-0.4, -0.2) is 16.5 Å². The number of hydrogen-bond acceptors (Lipinski definition) is 1. The maximum Gasteiger partial charge on any atom is 0.0275 e. The lowest BCUT2D eigenvalue weighted by atomic mass is 9.94. The monoisotopic (exact) mass is 253 g/mol. The van der Waals surface area contributed by atoms with Crippen LogP contribution in [0.3, 0.4) is 0 Å². The molecule has 1 N–H and O–H groups in total. The lowest BCUT2D eigenvalue weighted by Gasteiger charge is -2.20. The zero-order chi connectivity index (χ0) is 7.72. The summed E-state index contributed by atoms with van der Waals surface area (Å²) in [5.41, 5.74) is 0. The SMILES string of the molecule is CC(C)C1NCC(I)C1C. The fourth-order valence-electron chi connectivity index (χ4n) is 1.69. The van der Waals surface area contributed by atoms with Crippen LogP contribution in [0, 0.1) is 11.8 Å². The molecule has 1 rings (SSSR count). The van der Waals surface area contributed by atoms with Crippen LogP contribution in [-0.2, 0) is 0 Å². The van der Waals surface area contributed by atoms with Gasteiger partial charge in [0.25, 0.3) is 0 Å². The Morgan fingerprint density at radius 3 is 2.30 bits per heavy atom. The molecule has 0 aromatic carbocycles. The van der Waals surface area contributed by atoms with Crippen LogP contribution in [0.25, 0.3) is 0 Å². The minimum atomic E-state index is 0.752. The Labute approximate surface area is 77.1 Å². The standard InChI is InChI=1S/C8H16IN/c1-5(2)8-6(3)7(9)4-10-8/h5-8,10H,4H2,1-3H3. The van der Waals surface area contributed by atoms with Crippen LogP contribution >= 0.6 is 22.6 Å². The quantitative estimate of drug-likeness (QED) is 0.557. The second kappa shape index (κ2) is 3.39. The number of hydrogen-bond donors (Lipinski definition) is 1. The molecule has 0 bridgehead atoms. The van der Waals surface area contributed by atoms with Crippen molar-refractivity contribution in [1.29, 1.82) is 0 Å². The first-order chi connectivity index (χ1) is 4.63. The van der Waals surface area contributed by atoms with E-state index >= 15 is 0 Å². The molecule has 0 saturated carbocycles. The van der Waals surface area contributed by atoms with E-state index in [2.05, 4.69) is 48.7 Å². The Morgan fingerprint density at radius 1 is 1.50 bits per heavy atom.